The van der Waals surface area contributed by atoms with Gasteiger partial charge in [-0.1, -0.05) is 44.4 Å². The lowest BCUT2D eigenvalue weighted by Gasteiger charge is -1.98. The third kappa shape index (κ3) is 7.78. The van der Waals surface area contributed by atoms with Gasteiger partial charge in [-0.3, -0.25) is 0 Å². The fourth-order valence-corrected chi connectivity index (χ4v) is 1.18. The minimum atomic E-state index is 0.697. The van der Waals surface area contributed by atoms with Crippen molar-refractivity contribution in [1.29, 1.82) is 5.41 Å². The third-order valence-electron chi connectivity index (χ3n) is 2.23. The van der Waals surface area contributed by atoms with Crippen LogP contribution in [0.15, 0.2) is 23.8 Å². The average molecular weight is 193 g/mol. The Labute approximate surface area is 88.4 Å². The first-order chi connectivity index (χ1) is 6.70. The van der Waals surface area contributed by atoms with E-state index in [1.54, 1.807) is 0 Å². The Morgan fingerprint density at radius 2 is 1.93 bits per heavy atom. The van der Waals surface area contributed by atoms with E-state index >= 15 is 0 Å². The molecule has 0 bridgehead atoms. The summed E-state index contributed by atoms with van der Waals surface area (Å²) in [6.45, 7) is 6.39. The molecule has 0 unspecified atom stereocenters. The second-order valence-electron chi connectivity index (χ2n) is 3.71. The molecule has 80 valence electrons. The van der Waals surface area contributed by atoms with Crippen molar-refractivity contribution < 1.29 is 0 Å². The largest absolute Gasteiger partial charge is 0.305 e. The Balaban J connectivity index is 3.75. The smallest absolute Gasteiger partial charge is 0.0311 e. The zero-order chi connectivity index (χ0) is 10.8. The quantitative estimate of drug-likeness (QED) is 0.350. The van der Waals surface area contributed by atoms with Crippen molar-refractivity contribution in [2.45, 2.75) is 52.9 Å². The monoisotopic (exact) mass is 193 g/mol. The van der Waals surface area contributed by atoms with Crippen LogP contribution < -0.4 is 0 Å². The number of rotatable bonds is 7. The molecule has 0 saturated carbocycles. The molecule has 0 aromatic carbocycles. The molecule has 0 amide bonds. The summed E-state index contributed by atoms with van der Waals surface area (Å²) in [5, 5.41) is 7.43. The van der Waals surface area contributed by atoms with Gasteiger partial charge in [0.1, 0.15) is 0 Å². The minimum absolute atomic E-state index is 0.697. The standard InChI is InChI=1S/C13H23N/c1-4-6-7-9-12(3)10-8-11-13(14)5-2/h8,10-11,14H,4-7,9H2,1-3H3/b11-8-,12-10+,14-13?. The topological polar surface area (TPSA) is 23.9 Å². The van der Waals surface area contributed by atoms with Crippen molar-refractivity contribution in [2.75, 3.05) is 0 Å². The summed E-state index contributed by atoms with van der Waals surface area (Å²) < 4.78 is 0. The van der Waals surface area contributed by atoms with Gasteiger partial charge in [-0.05, 0) is 32.3 Å². The lowest BCUT2D eigenvalue weighted by atomic mass is 10.1. The van der Waals surface area contributed by atoms with Gasteiger partial charge >= 0.3 is 0 Å². The molecule has 0 aliphatic heterocycles. The fraction of sp³-hybridized carbons (Fsp3) is 0.615. The van der Waals surface area contributed by atoms with Crippen LogP contribution in [-0.2, 0) is 0 Å². The summed E-state index contributed by atoms with van der Waals surface area (Å²) in [4.78, 5) is 0. The summed E-state index contributed by atoms with van der Waals surface area (Å²) in [7, 11) is 0. The first kappa shape index (κ1) is 13.2. The molecular formula is C13H23N. The summed E-state index contributed by atoms with van der Waals surface area (Å²) in [5.41, 5.74) is 2.11. The van der Waals surface area contributed by atoms with E-state index in [-0.39, 0.29) is 0 Å². The number of unbranched alkanes of at least 4 members (excludes halogenated alkanes) is 2. The minimum Gasteiger partial charge on any atom is -0.305 e. The molecule has 1 heteroatoms. The highest BCUT2D eigenvalue weighted by Crippen LogP contribution is 2.07. The highest BCUT2D eigenvalue weighted by molar-refractivity contribution is 5.92. The Morgan fingerprint density at radius 3 is 2.50 bits per heavy atom. The molecule has 1 N–H and O–H groups in total. The van der Waals surface area contributed by atoms with Crippen LogP contribution >= 0.6 is 0 Å². The van der Waals surface area contributed by atoms with E-state index in [4.69, 9.17) is 5.41 Å². The lowest BCUT2D eigenvalue weighted by Crippen LogP contribution is -1.84. The molecule has 1 nitrogen and oxygen atoms in total. The maximum absolute atomic E-state index is 7.43. The number of nitrogens with one attached hydrogen (secondary N) is 1. The van der Waals surface area contributed by atoms with Crippen molar-refractivity contribution in [2.24, 2.45) is 0 Å². The molecule has 0 rings (SSSR count). The third-order valence-corrected chi connectivity index (χ3v) is 2.23. The Morgan fingerprint density at radius 1 is 1.21 bits per heavy atom. The Hall–Kier alpha value is -0.850. The summed E-state index contributed by atoms with van der Waals surface area (Å²) in [6, 6.07) is 0. The highest BCUT2D eigenvalue weighted by atomic mass is 14.4. The van der Waals surface area contributed by atoms with Crippen molar-refractivity contribution in [3.63, 3.8) is 0 Å². The molecule has 0 spiro atoms. The van der Waals surface area contributed by atoms with Gasteiger partial charge in [0, 0.05) is 5.71 Å². The van der Waals surface area contributed by atoms with E-state index in [0.29, 0.717) is 5.71 Å². The van der Waals surface area contributed by atoms with Gasteiger partial charge < -0.3 is 5.41 Å². The van der Waals surface area contributed by atoms with E-state index < -0.39 is 0 Å². The fourth-order valence-electron chi connectivity index (χ4n) is 1.18. The normalized spacial score (nSPS) is 12.4. The zero-order valence-corrected chi connectivity index (χ0v) is 9.77. The van der Waals surface area contributed by atoms with Gasteiger partial charge in [-0.2, -0.15) is 0 Å². The van der Waals surface area contributed by atoms with Gasteiger partial charge in [0.05, 0.1) is 0 Å². The van der Waals surface area contributed by atoms with Crippen molar-refractivity contribution in [3.05, 3.63) is 23.8 Å². The van der Waals surface area contributed by atoms with Crippen LogP contribution in [0.1, 0.15) is 52.9 Å². The van der Waals surface area contributed by atoms with Crippen molar-refractivity contribution in [1.82, 2.24) is 0 Å². The van der Waals surface area contributed by atoms with E-state index in [2.05, 4.69) is 19.9 Å². The number of hydrogen-bond donors (Lipinski definition) is 1. The van der Waals surface area contributed by atoms with E-state index in [1.165, 1.54) is 31.3 Å². The average Bonchev–Trinajstić information content (AvgIpc) is 2.18. The van der Waals surface area contributed by atoms with Gasteiger partial charge in [0.2, 0.25) is 0 Å². The summed E-state index contributed by atoms with van der Waals surface area (Å²) in [6.07, 6.45) is 11.9. The van der Waals surface area contributed by atoms with E-state index in [1.807, 2.05) is 19.1 Å². The molecule has 0 aliphatic carbocycles. The maximum Gasteiger partial charge on any atom is 0.0311 e. The molecule has 14 heavy (non-hydrogen) atoms. The van der Waals surface area contributed by atoms with Crippen LogP contribution in [0.3, 0.4) is 0 Å². The zero-order valence-electron chi connectivity index (χ0n) is 9.77. The van der Waals surface area contributed by atoms with Crippen LogP contribution in [0.4, 0.5) is 0 Å². The molecular weight excluding hydrogens is 170 g/mol. The summed E-state index contributed by atoms with van der Waals surface area (Å²) >= 11 is 0. The molecule has 0 saturated heterocycles. The predicted molar refractivity (Wildman–Crippen MR) is 65.1 cm³/mol. The van der Waals surface area contributed by atoms with Gasteiger partial charge in [0.15, 0.2) is 0 Å². The van der Waals surface area contributed by atoms with E-state index in [0.717, 1.165) is 6.42 Å². The number of allylic oxidation sites excluding steroid dienone is 4. The molecule has 0 atom stereocenters. The van der Waals surface area contributed by atoms with Gasteiger partial charge in [-0.15, -0.1) is 0 Å². The maximum atomic E-state index is 7.43. The predicted octanol–water partition coefficient (Wildman–Crippen LogP) is 4.50. The SMILES string of the molecule is CCCCC/C(C)=C/C=C\C(=N)CC. The Kier molecular flexibility index (Phi) is 8.20. The van der Waals surface area contributed by atoms with Crippen LogP contribution in [0.2, 0.25) is 0 Å². The molecule has 0 aliphatic rings. The number of hydrogen-bond acceptors (Lipinski definition) is 1. The first-order valence-electron chi connectivity index (χ1n) is 5.62. The van der Waals surface area contributed by atoms with Crippen LogP contribution in [0, 0.1) is 5.41 Å². The molecule has 0 heterocycles. The van der Waals surface area contributed by atoms with Crippen LogP contribution in [-0.4, -0.2) is 5.71 Å². The second kappa shape index (κ2) is 8.74. The van der Waals surface area contributed by atoms with Crippen LogP contribution in [0.5, 0.6) is 0 Å². The van der Waals surface area contributed by atoms with Crippen molar-refractivity contribution >= 4 is 5.71 Å². The molecule has 0 radical (unpaired) electrons. The lowest BCUT2D eigenvalue weighted by molar-refractivity contribution is 0.713. The molecule has 0 fully saturated rings. The second-order valence-corrected chi connectivity index (χ2v) is 3.71. The summed E-state index contributed by atoms with van der Waals surface area (Å²) in [5.74, 6) is 0. The van der Waals surface area contributed by atoms with E-state index in [9.17, 15) is 0 Å². The molecule has 0 aromatic heterocycles. The Bertz CT molecular complexity index is 211. The first-order valence-corrected chi connectivity index (χ1v) is 5.62. The highest BCUT2D eigenvalue weighted by Gasteiger charge is 1.88. The van der Waals surface area contributed by atoms with Gasteiger partial charge in [-0.25, -0.2) is 0 Å². The van der Waals surface area contributed by atoms with Crippen molar-refractivity contribution in [3.8, 4) is 0 Å². The van der Waals surface area contributed by atoms with Gasteiger partial charge in [0.25, 0.3) is 0 Å². The molecule has 0 aromatic rings. The van der Waals surface area contributed by atoms with Crippen LogP contribution in [0.25, 0.3) is 0 Å².